The smallest absolute Gasteiger partial charge is 0.243 e. The number of carbonyl (C=O) groups excluding carboxylic acids is 1. The SMILES string of the molecule is O=C(NCCc1nnc2ccccn12)C1CCN(S(=O)(=O)c2ccc3c(c2)CCCC3)CC1. The van der Waals surface area contributed by atoms with Crippen molar-refractivity contribution in [3.8, 4) is 0 Å². The second-order valence-electron chi connectivity index (χ2n) is 8.90. The third kappa shape index (κ3) is 4.52. The summed E-state index contributed by atoms with van der Waals surface area (Å²) in [6, 6.07) is 11.3. The fourth-order valence-electron chi connectivity index (χ4n) is 4.88. The van der Waals surface area contributed by atoms with Gasteiger partial charge in [-0.2, -0.15) is 4.31 Å². The number of nitrogens with zero attached hydrogens (tertiary/aromatic N) is 4. The number of pyridine rings is 1. The summed E-state index contributed by atoms with van der Waals surface area (Å²) in [4.78, 5) is 13.0. The molecule has 33 heavy (non-hydrogen) atoms. The van der Waals surface area contributed by atoms with E-state index in [0.717, 1.165) is 36.3 Å². The normalized spacial score (nSPS) is 17.7. The molecule has 1 aliphatic heterocycles. The van der Waals surface area contributed by atoms with Crippen LogP contribution in [-0.2, 0) is 34.1 Å². The minimum absolute atomic E-state index is 0.0188. The number of aryl methyl sites for hydroxylation is 2. The van der Waals surface area contributed by atoms with Crippen molar-refractivity contribution < 1.29 is 13.2 Å². The van der Waals surface area contributed by atoms with Crippen molar-refractivity contribution in [1.82, 2.24) is 24.2 Å². The second-order valence-corrected chi connectivity index (χ2v) is 10.8. The molecule has 3 heterocycles. The number of benzene rings is 1. The first-order valence-electron chi connectivity index (χ1n) is 11.7. The molecule has 2 aromatic heterocycles. The van der Waals surface area contributed by atoms with Crippen molar-refractivity contribution in [3.63, 3.8) is 0 Å². The summed E-state index contributed by atoms with van der Waals surface area (Å²) < 4.78 is 29.8. The maximum absolute atomic E-state index is 13.2. The van der Waals surface area contributed by atoms with Crippen LogP contribution in [0.25, 0.3) is 5.65 Å². The Bertz CT molecular complexity index is 1260. The van der Waals surface area contributed by atoms with Crippen LogP contribution in [0.4, 0.5) is 0 Å². The van der Waals surface area contributed by atoms with Gasteiger partial charge in [0.2, 0.25) is 15.9 Å². The number of carbonyl (C=O) groups is 1. The van der Waals surface area contributed by atoms with Gasteiger partial charge < -0.3 is 5.32 Å². The third-order valence-corrected chi connectivity index (χ3v) is 8.71. The van der Waals surface area contributed by atoms with E-state index in [2.05, 4.69) is 15.5 Å². The molecule has 0 unspecified atom stereocenters. The standard InChI is InChI=1S/C24H29N5O3S/c30-24(25-13-10-23-27-26-22-7-3-4-14-29(22)23)19-11-15-28(16-12-19)33(31,32)21-9-8-18-5-1-2-6-20(18)17-21/h3-4,7-9,14,17,19H,1-2,5-6,10-13,15-16H2,(H,25,30). The van der Waals surface area contributed by atoms with Crippen LogP contribution >= 0.6 is 0 Å². The molecule has 0 radical (unpaired) electrons. The highest BCUT2D eigenvalue weighted by molar-refractivity contribution is 7.89. The number of sulfonamides is 1. The second kappa shape index (κ2) is 9.23. The molecule has 1 amide bonds. The van der Waals surface area contributed by atoms with E-state index in [9.17, 15) is 13.2 Å². The number of amides is 1. The maximum Gasteiger partial charge on any atom is 0.243 e. The highest BCUT2D eigenvalue weighted by Gasteiger charge is 2.32. The van der Waals surface area contributed by atoms with E-state index in [-0.39, 0.29) is 11.8 Å². The zero-order valence-corrected chi connectivity index (χ0v) is 19.4. The summed E-state index contributed by atoms with van der Waals surface area (Å²) in [5.41, 5.74) is 3.22. The molecule has 9 heteroatoms. The highest BCUT2D eigenvalue weighted by atomic mass is 32.2. The van der Waals surface area contributed by atoms with Gasteiger partial charge in [0.1, 0.15) is 5.82 Å². The van der Waals surface area contributed by atoms with Gasteiger partial charge in [-0.25, -0.2) is 8.42 Å². The molecule has 0 saturated carbocycles. The van der Waals surface area contributed by atoms with Crippen LogP contribution in [0.1, 0.15) is 42.6 Å². The Morgan fingerprint density at radius 1 is 1.03 bits per heavy atom. The van der Waals surface area contributed by atoms with Crippen LogP contribution in [0.3, 0.4) is 0 Å². The molecule has 1 fully saturated rings. The average molecular weight is 468 g/mol. The molecule has 1 N–H and O–H groups in total. The lowest BCUT2D eigenvalue weighted by atomic mass is 9.92. The fourth-order valence-corrected chi connectivity index (χ4v) is 6.40. The Hall–Kier alpha value is -2.78. The Kier molecular flexibility index (Phi) is 6.16. The first-order chi connectivity index (χ1) is 16.0. The number of hydrogen-bond acceptors (Lipinski definition) is 5. The number of rotatable bonds is 6. The Morgan fingerprint density at radius 3 is 2.64 bits per heavy atom. The molecule has 0 atom stereocenters. The molecule has 1 aromatic carbocycles. The lowest BCUT2D eigenvalue weighted by Gasteiger charge is -2.31. The van der Waals surface area contributed by atoms with Gasteiger partial charge in [-0.1, -0.05) is 12.1 Å². The zero-order chi connectivity index (χ0) is 22.8. The summed E-state index contributed by atoms with van der Waals surface area (Å²) in [5.74, 6) is 0.613. The summed E-state index contributed by atoms with van der Waals surface area (Å²) in [6.45, 7) is 1.21. The van der Waals surface area contributed by atoms with Gasteiger partial charge in [-0.3, -0.25) is 9.20 Å². The van der Waals surface area contributed by atoms with Crippen molar-refractivity contribution in [1.29, 1.82) is 0 Å². The Labute approximate surface area is 194 Å². The summed E-state index contributed by atoms with van der Waals surface area (Å²) in [5, 5.41) is 11.3. The first kappa shape index (κ1) is 22.0. The molecule has 0 bridgehead atoms. The third-order valence-electron chi connectivity index (χ3n) is 6.81. The van der Waals surface area contributed by atoms with Crippen LogP contribution < -0.4 is 5.32 Å². The molecule has 8 nitrogen and oxygen atoms in total. The first-order valence-corrected chi connectivity index (χ1v) is 13.1. The van der Waals surface area contributed by atoms with Gasteiger partial charge in [0, 0.05) is 38.2 Å². The molecule has 3 aromatic rings. The molecule has 2 aliphatic rings. The monoisotopic (exact) mass is 467 g/mol. The minimum Gasteiger partial charge on any atom is -0.355 e. The quantitative estimate of drug-likeness (QED) is 0.600. The molecular weight excluding hydrogens is 438 g/mol. The van der Waals surface area contributed by atoms with Gasteiger partial charge in [0.25, 0.3) is 0 Å². The minimum atomic E-state index is -3.53. The van der Waals surface area contributed by atoms with E-state index in [1.165, 1.54) is 16.3 Å². The van der Waals surface area contributed by atoms with Gasteiger partial charge in [-0.15, -0.1) is 10.2 Å². The predicted molar refractivity (Wildman–Crippen MR) is 124 cm³/mol. The van der Waals surface area contributed by atoms with Crippen LogP contribution in [0.2, 0.25) is 0 Å². The van der Waals surface area contributed by atoms with Crippen LogP contribution in [0.15, 0.2) is 47.5 Å². The van der Waals surface area contributed by atoms with Crippen LogP contribution in [-0.4, -0.2) is 52.9 Å². The van der Waals surface area contributed by atoms with E-state index >= 15 is 0 Å². The van der Waals surface area contributed by atoms with E-state index in [4.69, 9.17) is 0 Å². The van der Waals surface area contributed by atoms with E-state index in [0.29, 0.717) is 43.8 Å². The molecule has 5 rings (SSSR count). The Balaban J connectivity index is 1.14. The van der Waals surface area contributed by atoms with Crippen molar-refractivity contribution in [2.24, 2.45) is 5.92 Å². The fraction of sp³-hybridized carbons (Fsp3) is 0.458. The summed E-state index contributed by atoms with van der Waals surface area (Å²) in [6.07, 6.45) is 7.82. The molecule has 174 valence electrons. The van der Waals surface area contributed by atoms with Crippen molar-refractivity contribution in [3.05, 3.63) is 59.5 Å². The van der Waals surface area contributed by atoms with Gasteiger partial charge >= 0.3 is 0 Å². The number of fused-ring (bicyclic) bond motifs is 2. The molecular formula is C24H29N5O3S. The van der Waals surface area contributed by atoms with Crippen molar-refractivity contribution in [2.75, 3.05) is 19.6 Å². The molecule has 0 spiro atoms. The average Bonchev–Trinajstić information content (AvgIpc) is 3.27. The Morgan fingerprint density at radius 2 is 1.82 bits per heavy atom. The van der Waals surface area contributed by atoms with Crippen molar-refractivity contribution >= 4 is 21.6 Å². The highest BCUT2D eigenvalue weighted by Crippen LogP contribution is 2.28. The predicted octanol–water partition coefficient (Wildman–Crippen LogP) is 2.37. The van der Waals surface area contributed by atoms with Gasteiger partial charge in [-0.05, 0) is 73.9 Å². The summed E-state index contributed by atoms with van der Waals surface area (Å²) >= 11 is 0. The van der Waals surface area contributed by atoms with Gasteiger partial charge in [0.15, 0.2) is 5.65 Å². The number of aromatic nitrogens is 3. The lowest BCUT2D eigenvalue weighted by molar-refractivity contribution is -0.126. The largest absolute Gasteiger partial charge is 0.355 e. The number of piperidine rings is 1. The van der Waals surface area contributed by atoms with E-state index in [1.54, 1.807) is 6.07 Å². The molecule has 1 saturated heterocycles. The zero-order valence-electron chi connectivity index (χ0n) is 18.6. The number of hydrogen-bond donors (Lipinski definition) is 1. The topological polar surface area (TPSA) is 96.7 Å². The van der Waals surface area contributed by atoms with Crippen LogP contribution in [0.5, 0.6) is 0 Å². The maximum atomic E-state index is 13.2. The molecule has 1 aliphatic carbocycles. The lowest BCUT2D eigenvalue weighted by Crippen LogP contribution is -2.43. The van der Waals surface area contributed by atoms with E-state index in [1.807, 2.05) is 40.9 Å². The van der Waals surface area contributed by atoms with E-state index < -0.39 is 10.0 Å². The van der Waals surface area contributed by atoms with Crippen molar-refractivity contribution in [2.45, 2.75) is 49.8 Å². The van der Waals surface area contributed by atoms with Crippen LogP contribution in [0, 0.1) is 5.92 Å². The summed E-state index contributed by atoms with van der Waals surface area (Å²) in [7, 11) is -3.53. The number of nitrogens with one attached hydrogen (secondary N) is 1. The van der Waals surface area contributed by atoms with Gasteiger partial charge in [0.05, 0.1) is 4.90 Å².